The first kappa shape index (κ1) is 30.4. The number of nitrogens with one attached hydrogen (secondary N) is 1. The predicted octanol–water partition coefficient (Wildman–Crippen LogP) is 5.24. The summed E-state index contributed by atoms with van der Waals surface area (Å²) in [6.45, 7) is 12.4. The molecule has 0 radical (unpaired) electrons. The first-order valence-electron chi connectivity index (χ1n) is 13.3. The second kappa shape index (κ2) is 13.8. The van der Waals surface area contributed by atoms with Gasteiger partial charge in [0.05, 0.1) is 25.3 Å². The van der Waals surface area contributed by atoms with E-state index in [1.165, 1.54) is 0 Å². The summed E-state index contributed by atoms with van der Waals surface area (Å²) in [6.07, 6.45) is 0.349. The number of aryl methyl sites for hydroxylation is 1. The summed E-state index contributed by atoms with van der Waals surface area (Å²) in [5, 5.41) is 4.73. The van der Waals surface area contributed by atoms with Gasteiger partial charge in [0.2, 0.25) is 0 Å². The topological polar surface area (TPSA) is 95.6 Å². The zero-order valence-electron chi connectivity index (χ0n) is 24.2. The Labute approximate surface area is 231 Å². The molecule has 0 aliphatic carbocycles. The molecule has 0 bridgehead atoms. The van der Waals surface area contributed by atoms with Crippen LogP contribution in [0.15, 0.2) is 36.4 Å². The predicted molar refractivity (Wildman–Crippen MR) is 148 cm³/mol. The Morgan fingerprint density at radius 1 is 1.08 bits per heavy atom. The van der Waals surface area contributed by atoms with Gasteiger partial charge >= 0.3 is 6.16 Å². The number of hydroxylamine groups is 2. The third kappa shape index (κ3) is 8.95. The largest absolute Gasteiger partial charge is 0.528 e. The van der Waals surface area contributed by atoms with E-state index in [0.29, 0.717) is 30.9 Å². The molecule has 1 N–H and O–H groups in total. The van der Waals surface area contributed by atoms with Gasteiger partial charge in [-0.1, -0.05) is 30.3 Å². The maximum absolute atomic E-state index is 13.7. The van der Waals surface area contributed by atoms with Gasteiger partial charge in [0, 0.05) is 19.2 Å². The molecule has 2 aromatic carbocycles. The fourth-order valence-electron chi connectivity index (χ4n) is 4.58. The van der Waals surface area contributed by atoms with E-state index in [1.54, 1.807) is 32.9 Å². The summed E-state index contributed by atoms with van der Waals surface area (Å²) < 4.78 is 22.4. The van der Waals surface area contributed by atoms with Crippen LogP contribution in [0.5, 0.6) is 5.75 Å². The highest BCUT2D eigenvalue weighted by atomic mass is 16.8. The van der Waals surface area contributed by atoms with E-state index in [1.807, 2.05) is 57.2 Å². The number of benzene rings is 2. The normalized spacial score (nSPS) is 18.2. The lowest BCUT2D eigenvalue weighted by Crippen LogP contribution is -2.50. The Balaban J connectivity index is 1.82. The summed E-state index contributed by atoms with van der Waals surface area (Å²) in [5.74, 6) is 0.461. The Morgan fingerprint density at radius 2 is 1.79 bits per heavy atom. The minimum Gasteiger partial charge on any atom is -0.467 e. The number of methoxy groups -OCH3 is 1. The van der Waals surface area contributed by atoms with Crippen molar-refractivity contribution < 1.29 is 33.4 Å². The van der Waals surface area contributed by atoms with Crippen LogP contribution in [0.25, 0.3) is 0 Å². The maximum atomic E-state index is 13.7. The molecule has 1 saturated heterocycles. The molecule has 1 aliphatic heterocycles. The second-order valence-electron chi connectivity index (χ2n) is 10.9. The lowest BCUT2D eigenvalue weighted by molar-refractivity contribution is -0.145. The monoisotopic (exact) mass is 542 g/mol. The van der Waals surface area contributed by atoms with E-state index in [2.05, 4.69) is 5.32 Å². The van der Waals surface area contributed by atoms with E-state index in [0.717, 1.165) is 28.7 Å². The molecular weight excluding hydrogens is 500 g/mol. The van der Waals surface area contributed by atoms with E-state index < -0.39 is 17.8 Å². The van der Waals surface area contributed by atoms with E-state index in [9.17, 15) is 9.59 Å². The summed E-state index contributed by atoms with van der Waals surface area (Å²) in [6, 6.07) is 11.3. The smallest absolute Gasteiger partial charge is 0.467 e. The van der Waals surface area contributed by atoms with Crippen LogP contribution in [0.1, 0.15) is 66.2 Å². The number of nitrogens with zero attached hydrogens (tertiary/aromatic N) is 1. The lowest BCUT2D eigenvalue weighted by atomic mass is 9.96. The number of ether oxygens (including phenoxy) is 4. The molecule has 1 amide bonds. The van der Waals surface area contributed by atoms with Gasteiger partial charge in [0.15, 0.2) is 6.79 Å². The van der Waals surface area contributed by atoms with Crippen LogP contribution in [-0.4, -0.2) is 61.9 Å². The molecule has 0 saturated carbocycles. The van der Waals surface area contributed by atoms with Gasteiger partial charge in [-0.2, -0.15) is 0 Å². The summed E-state index contributed by atoms with van der Waals surface area (Å²) in [7, 11) is 1.57. The zero-order valence-corrected chi connectivity index (χ0v) is 24.2. The van der Waals surface area contributed by atoms with Crippen LogP contribution >= 0.6 is 0 Å². The summed E-state index contributed by atoms with van der Waals surface area (Å²) in [5.41, 5.74) is 3.44. The highest BCUT2D eigenvalue weighted by Crippen LogP contribution is 2.28. The average Bonchev–Trinajstić information content (AvgIpc) is 3.04. The van der Waals surface area contributed by atoms with Gasteiger partial charge in [-0.05, 0) is 82.7 Å². The molecule has 39 heavy (non-hydrogen) atoms. The fraction of sp³-hybridized carbons (Fsp3) is 0.533. The molecule has 1 fully saturated rings. The first-order chi connectivity index (χ1) is 18.5. The van der Waals surface area contributed by atoms with Crippen LogP contribution in [0.2, 0.25) is 0 Å². The minimum absolute atomic E-state index is 0.126. The SMILES string of the molecule is COCOc1cc(C)c(C(=O)N[C@@H]2CN(OC(=O)OC(C)(C)C)CCC[C@H]2OCc2ccccc2)c(C)c1C. The number of carbonyl (C=O) groups excluding carboxylic acids is 2. The molecule has 2 aromatic rings. The van der Waals surface area contributed by atoms with Crippen molar-refractivity contribution in [2.75, 3.05) is 27.0 Å². The molecule has 0 aromatic heterocycles. The molecular formula is C30H42N2O7. The summed E-state index contributed by atoms with van der Waals surface area (Å²) >= 11 is 0. The Morgan fingerprint density at radius 3 is 2.46 bits per heavy atom. The van der Waals surface area contributed by atoms with Gasteiger partial charge in [0.25, 0.3) is 5.91 Å². The number of amides is 1. The number of rotatable bonds is 9. The number of carbonyl (C=O) groups is 2. The Kier molecular flexibility index (Phi) is 10.7. The van der Waals surface area contributed by atoms with Crippen molar-refractivity contribution in [3.63, 3.8) is 0 Å². The lowest BCUT2D eigenvalue weighted by Gasteiger charge is -2.29. The molecule has 2 atom stereocenters. The molecule has 0 unspecified atom stereocenters. The standard InChI is InChI=1S/C30H42N2O7/c1-20-16-26(37-19-35-7)21(2)22(3)27(20)28(33)31-24-17-32(39-29(34)38-30(4,5)6)15-11-14-25(24)36-18-23-12-9-8-10-13-23/h8-10,12-13,16,24-25H,11,14-15,17-19H2,1-7H3,(H,31,33)/t24-,25-/m1/s1. The van der Waals surface area contributed by atoms with Crippen molar-refractivity contribution in [2.24, 2.45) is 0 Å². The van der Waals surface area contributed by atoms with Crippen LogP contribution in [0.3, 0.4) is 0 Å². The Hall–Kier alpha value is -3.14. The van der Waals surface area contributed by atoms with Gasteiger partial charge < -0.3 is 29.1 Å². The van der Waals surface area contributed by atoms with Gasteiger partial charge in [0.1, 0.15) is 11.4 Å². The molecule has 3 rings (SSSR count). The zero-order chi connectivity index (χ0) is 28.6. The van der Waals surface area contributed by atoms with Crippen LogP contribution < -0.4 is 10.1 Å². The van der Waals surface area contributed by atoms with Crippen molar-refractivity contribution in [1.82, 2.24) is 10.4 Å². The van der Waals surface area contributed by atoms with Crippen LogP contribution in [0.4, 0.5) is 4.79 Å². The van der Waals surface area contributed by atoms with Gasteiger partial charge in [-0.25, -0.2) is 4.79 Å². The molecule has 0 spiro atoms. The van der Waals surface area contributed by atoms with E-state index >= 15 is 0 Å². The fourth-order valence-corrected chi connectivity index (χ4v) is 4.58. The highest BCUT2D eigenvalue weighted by molar-refractivity contribution is 5.98. The first-order valence-corrected chi connectivity index (χ1v) is 13.3. The molecule has 9 heteroatoms. The summed E-state index contributed by atoms with van der Waals surface area (Å²) in [4.78, 5) is 31.6. The van der Waals surface area contributed by atoms with Gasteiger partial charge in [-0.3, -0.25) is 4.79 Å². The average molecular weight is 543 g/mol. The quantitative estimate of drug-likeness (QED) is 0.340. The highest BCUT2D eigenvalue weighted by Gasteiger charge is 2.33. The van der Waals surface area contributed by atoms with Crippen molar-refractivity contribution >= 4 is 12.1 Å². The van der Waals surface area contributed by atoms with Crippen LogP contribution in [-0.2, 0) is 25.7 Å². The molecule has 1 aliphatic rings. The maximum Gasteiger partial charge on any atom is 0.528 e. The van der Waals surface area contributed by atoms with E-state index in [-0.39, 0.29) is 25.3 Å². The minimum atomic E-state index is -0.773. The molecule has 9 nitrogen and oxygen atoms in total. The van der Waals surface area contributed by atoms with Crippen molar-refractivity contribution in [1.29, 1.82) is 0 Å². The van der Waals surface area contributed by atoms with Crippen molar-refractivity contribution in [3.8, 4) is 5.75 Å². The van der Waals surface area contributed by atoms with E-state index in [4.69, 9.17) is 23.8 Å². The van der Waals surface area contributed by atoms with Gasteiger partial charge in [-0.15, -0.1) is 5.06 Å². The molecule has 1 heterocycles. The molecule has 214 valence electrons. The second-order valence-corrected chi connectivity index (χ2v) is 10.9. The number of hydrogen-bond acceptors (Lipinski definition) is 8. The number of hydrogen-bond donors (Lipinski definition) is 1. The third-order valence-corrected chi connectivity index (χ3v) is 6.57. The third-order valence-electron chi connectivity index (χ3n) is 6.57. The van der Waals surface area contributed by atoms with Crippen molar-refractivity contribution in [2.45, 2.75) is 78.7 Å². The van der Waals surface area contributed by atoms with Crippen LogP contribution in [0, 0.1) is 20.8 Å². The Bertz CT molecular complexity index is 1110. The van der Waals surface area contributed by atoms with Crippen molar-refractivity contribution in [3.05, 3.63) is 64.2 Å².